The molecular weight excluding hydrogens is 249 g/mol. The number of halogens is 2. The molecule has 1 aromatic rings. The minimum absolute atomic E-state index is 0.0599. The summed E-state index contributed by atoms with van der Waals surface area (Å²) >= 11 is 11.6. The van der Waals surface area contributed by atoms with Gasteiger partial charge in [-0.25, -0.2) is 0 Å². The summed E-state index contributed by atoms with van der Waals surface area (Å²) in [5, 5.41) is 3.65. The molecule has 0 fully saturated rings. The average molecular weight is 262 g/mol. The van der Waals surface area contributed by atoms with Crippen LogP contribution in [-0.4, -0.2) is 25.7 Å². The van der Waals surface area contributed by atoms with Crippen LogP contribution in [0.2, 0.25) is 10.0 Å². The van der Waals surface area contributed by atoms with Crippen LogP contribution in [0, 0.1) is 0 Å². The van der Waals surface area contributed by atoms with Gasteiger partial charge in [-0.1, -0.05) is 23.2 Å². The molecule has 88 valence electrons. The van der Waals surface area contributed by atoms with Crippen molar-refractivity contribution in [1.29, 1.82) is 0 Å². The molecule has 1 amide bonds. The Kier molecular flexibility index (Phi) is 5.06. The quantitative estimate of drug-likeness (QED) is 0.906. The number of benzene rings is 1. The van der Waals surface area contributed by atoms with Crippen LogP contribution in [0.3, 0.4) is 0 Å². The minimum Gasteiger partial charge on any atom is -0.383 e. The first-order chi connectivity index (χ1) is 7.52. The number of nitrogens with one attached hydrogen (secondary N) is 1. The summed E-state index contributed by atoms with van der Waals surface area (Å²) < 4.78 is 4.92. The molecule has 3 nitrogen and oxygen atoms in total. The van der Waals surface area contributed by atoms with Crippen molar-refractivity contribution in [3.05, 3.63) is 33.8 Å². The molecule has 0 bridgehead atoms. The van der Waals surface area contributed by atoms with Crippen molar-refractivity contribution >= 4 is 29.1 Å². The van der Waals surface area contributed by atoms with Crippen molar-refractivity contribution in [2.75, 3.05) is 13.7 Å². The Morgan fingerprint density at radius 3 is 2.44 bits per heavy atom. The van der Waals surface area contributed by atoms with E-state index in [-0.39, 0.29) is 11.9 Å². The standard InChI is InChI=1S/C11H13Cl2NO2/c1-7(6-16-2)14-11(15)8-3-9(12)5-10(13)4-8/h3-5,7H,6H2,1-2H3,(H,14,15)/t7-/m1/s1. The smallest absolute Gasteiger partial charge is 0.251 e. The van der Waals surface area contributed by atoms with Gasteiger partial charge in [0.25, 0.3) is 5.91 Å². The highest BCUT2D eigenvalue weighted by atomic mass is 35.5. The molecule has 0 unspecified atom stereocenters. The van der Waals surface area contributed by atoms with Crippen LogP contribution < -0.4 is 5.32 Å². The lowest BCUT2D eigenvalue weighted by atomic mass is 10.2. The highest BCUT2D eigenvalue weighted by molar-refractivity contribution is 6.35. The second-order valence-electron chi connectivity index (χ2n) is 3.49. The summed E-state index contributed by atoms with van der Waals surface area (Å²) in [7, 11) is 1.58. The van der Waals surface area contributed by atoms with Crippen molar-refractivity contribution in [3.8, 4) is 0 Å². The third kappa shape index (κ3) is 4.00. The zero-order chi connectivity index (χ0) is 12.1. The Bertz CT molecular complexity index is 362. The summed E-state index contributed by atoms with van der Waals surface area (Å²) in [6, 6.07) is 4.67. The molecule has 0 spiro atoms. The molecule has 0 saturated heterocycles. The number of carbonyl (C=O) groups is 1. The van der Waals surface area contributed by atoms with Crippen LogP contribution in [0.5, 0.6) is 0 Å². The fourth-order valence-corrected chi connectivity index (χ4v) is 1.81. The van der Waals surface area contributed by atoms with E-state index in [0.29, 0.717) is 22.2 Å². The van der Waals surface area contributed by atoms with Gasteiger partial charge in [-0.05, 0) is 25.1 Å². The lowest BCUT2D eigenvalue weighted by Gasteiger charge is -2.12. The molecule has 1 rings (SSSR count). The van der Waals surface area contributed by atoms with Crippen molar-refractivity contribution in [3.63, 3.8) is 0 Å². The number of ether oxygens (including phenoxy) is 1. The third-order valence-corrected chi connectivity index (χ3v) is 2.36. The molecule has 1 atom stereocenters. The maximum absolute atomic E-state index is 11.8. The lowest BCUT2D eigenvalue weighted by molar-refractivity contribution is 0.0905. The summed E-state index contributed by atoms with van der Waals surface area (Å²) in [6.45, 7) is 2.31. The van der Waals surface area contributed by atoms with Gasteiger partial charge in [0.2, 0.25) is 0 Å². The Morgan fingerprint density at radius 2 is 1.94 bits per heavy atom. The second kappa shape index (κ2) is 6.09. The molecular formula is C11H13Cl2NO2. The fourth-order valence-electron chi connectivity index (χ4n) is 1.28. The first-order valence-corrected chi connectivity index (χ1v) is 5.54. The molecule has 5 heteroatoms. The van der Waals surface area contributed by atoms with E-state index < -0.39 is 0 Å². The van der Waals surface area contributed by atoms with Gasteiger partial charge in [0.15, 0.2) is 0 Å². The molecule has 0 saturated carbocycles. The lowest BCUT2D eigenvalue weighted by Crippen LogP contribution is -2.35. The first kappa shape index (κ1) is 13.3. The maximum Gasteiger partial charge on any atom is 0.251 e. The van der Waals surface area contributed by atoms with Gasteiger partial charge in [-0.3, -0.25) is 4.79 Å². The fraction of sp³-hybridized carbons (Fsp3) is 0.364. The Morgan fingerprint density at radius 1 is 1.38 bits per heavy atom. The second-order valence-corrected chi connectivity index (χ2v) is 4.36. The average Bonchev–Trinajstić information content (AvgIpc) is 2.16. The molecule has 0 aromatic heterocycles. The summed E-state index contributed by atoms with van der Waals surface area (Å²) in [5.41, 5.74) is 0.445. The van der Waals surface area contributed by atoms with Crippen molar-refractivity contribution in [2.24, 2.45) is 0 Å². The first-order valence-electron chi connectivity index (χ1n) is 4.79. The van der Waals surface area contributed by atoms with Gasteiger partial charge in [0, 0.05) is 28.8 Å². The van der Waals surface area contributed by atoms with E-state index in [1.165, 1.54) is 0 Å². The molecule has 16 heavy (non-hydrogen) atoms. The van der Waals surface area contributed by atoms with Gasteiger partial charge in [-0.15, -0.1) is 0 Å². The summed E-state index contributed by atoms with van der Waals surface area (Å²) in [5.74, 6) is -0.214. The highest BCUT2D eigenvalue weighted by Gasteiger charge is 2.10. The van der Waals surface area contributed by atoms with E-state index in [1.807, 2.05) is 6.92 Å². The van der Waals surface area contributed by atoms with Crippen molar-refractivity contribution < 1.29 is 9.53 Å². The molecule has 0 heterocycles. The number of amides is 1. The Balaban J connectivity index is 2.72. The van der Waals surface area contributed by atoms with E-state index in [1.54, 1.807) is 25.3 Å². The topological polar surface area (TPSA) is 38.3 Å². The summed E-state index contributed by atoms with van der Waals surface area (Å²) in [4.78, 5) is 11.8. The largest absolute Gasteiger partial charge is 0.383 e. The van der Waals surface area contributed by atoms with Crippen LogP contribution in [0.25, 0.3) is 0 Å². The van der Waals surface area contributed by atoms with Crippen molar-refractivity contribution in [1.82, 2.24) is 5.32 Å². The number of carbonyl (C=O) groups excluding carboxylic acids is 1. The van der Waals surface area contributed by atoms with Crippen LogP contribution in [-0.2, 0) is 4.74 Å². The maximum atomic E-state index is 11.8. The summed E-state index contributed by atoms with van der Waals surface area (Å²) in [6.07, 6.45) is 0. The van der Waals surface area contributed by atoms with Crippen LogP contribution in [0.4, 0.5) is 0 Å². The van der Waals surface area contributed by atoms with Crippen LogP contribution >= 0.6 is 23.2 Å². The van der Waals surface area contributed by atoms with Gasteiger partial charge < -0.3 is 10.1 Å². The predicted octanol–water partition coefficient (Wildman–Crippen LogP) is 2.76. The van der Waals surface area contributed by atoms with E-state index >= 15 is 0 Å². The highest BCUT2D eigenvalue weighted by Crippen LogP contribution is 2.18. The zero-order valence-corrected chi connectivity index (χ0v) is 10.6. The monoisotopic (exact) mass is 261 g/mol. The molecule has 1 aromatic carbocycles. The third-order valence-electron chi connectivity index (χ3n) is 1.92. The van der Waals surface area contributed by atoms with E-state index in [2.05, 4.69) is 5.32 Å². The van der Waals surface area contributed by atoms with E-state index in [0.717, 1.165) is 0 Å². The van der Waals surface area contributed by atoms with Crippen molar-refractivity contribution in [2.45, 2.75) is 13.0 Å². The van der Waals surface area contributed by atoms with Crippen LogP contribution in [0.15, 0.2) is 18.2 Å². The predicted molar refractivity (Wildman–Crippen MR) is 65.3 cm³/mol. The molecule has 0 aliphatic carbocycles. The number of methoxy groups -OCH3 is 1. The van der Waals surface area contributed by atoms with E-state index in [4.69, 9.17) is 27.9 Å². The minimum atomic E-state index is -0.214. The molecule has 0 aliphatic heterocycles. The molecule has 1 N–H and O–H groups in total. The Labute approximate surface area is 105 Å². The van der Waals surface area contributed by atoms with Gasteiger partial charge in [0.1, 0.15) is 0 Å². The normalized spacial score (nSPS) is 12.2. The van der Waals surface area contributed by atoms with Gasteiger partial charge >= 0.3 is 0 Å². The number of hydrogen-bond acceptors (Lipinski definition) is 2. The number of hydrogen-bond donors (Lipinski definition) is 1. The van der Waals surface area contributed by atoms with Gasteiger partial charge in [-0.2, -0.15) is 0 Å². The van der Waals surface area contributed by atoms with Crippen LogP contribution in [0.1, 0.15) is 17.3 Å². The number of rotatable bonds is 4. The SMILES string of the molecule is COC[C@@H](C)NC(=O)c1cc(Cl)cc(Cl)c1. The molecule has 0 radical (unpaired) electrons. The zero-order valence-electron chi connectivity index (χ0n) is 9.09. The Hall–Kier alpha value is -0.770. The van der Waals surface area contributed by atoms with Gasteiger partial charge in [0.05, 0.1) is 6.61 Å². The van der Waals surface area contributed by atoms with E-state index in [9.17, 15) is 4.79 Å². The molecule has 0 aliphatic rings.